The fraction of sp³-hybridized carbons (Fsp3) is 0.800. The quantitative estimate of drug-likeness (QED) is 0.573. The zero-order valence-electron chi connectivity index (χ0n) is 8.04. The van der Waals surface area contributed by atoms with E-state index in [-0.39, 0.29) is 6.61 Å². The fourth-order valence-electron chi connectivity index (χ4n) is 1.59. The Morgan fingerprint density at radius 1 is 1.15 bits per heavy atom. The van der Waals surface area contributed by atoms with Crippen molar-refractivity contribution >= 4 is 0 Å². The van der Waals surface area contributed by atoms with Crippen molar-refractivity contribution in [2.75, 3.05) is 45.9 Å². The van der Waals surface area contributed by atoms with Crippen molar-refractivity contribution in [2.24, 2.45) is 0 Å². The Morgan fingerprint density at radius 2 is 1.77 bits per heavy atom. The number of hydrogen-bond donors (Lipinski definition) is 0. The van der Waals surface area contributed by atoms with Crippen molar-refractivity contribution in [1.29, 1.82) is 0 Å². The third-order valence-electron chi connectivity index (χ3n) is 2.40. The summed E-state index contributed by atoms with van der Waals surface area (Å²) in [6, 6.07) is 0. The molecule has 0 aromatic carbocycles. The molecule has 0 aromatic heterocycles. The summed E-state index contributed by atoms with van der Waals surface area (Å²) in [4.78, 5) is 4.61. The lowest BCUT2D eigenvalue weighted by molar-refractivity contribution is 0.122. The summed E-state index contributed by atoms with van der Waals surface area (Å²) in [7, 11) is 0. The number of terminal acetylenes is 1. The van der Waals surface area contributed by atoms with Gasteiger partial charge >= 0.3 is 0 Å². The van der Waals surface area contributed by atoms with E-state index in [1.54, 1.807) is 0 Å². The van der Waals surface area contributed by atoms with E-state index in [1.165, 1.54) is 0 Å². The monoisotopic (exact) mass is 181 g/mol. The third-order valence-corrected chi connectivity index (χ3v) is 2.40. The van der Waals surface area contributed by atoms with E-state index in [0.717, 1.165) is 45.7 Å². The Bertz CT molecular complexity index is 168. The van der Waals surface area contributed by atoms with Crippen LogP contribution in [0.15, 0.2) is 0 Å². The van der Waals surface area contributed by atoms with Gasteiger partial charge in [-0.05, 0) is 6.42 Å². The molecule has 1 rings (SSSR count). The Labute approximate surface area is 80.3 Å². The van der Waals surface area contributed by atoms with Gasteiger partial charge in [0.05, 0.1) is 13.2 Å². The zero-order chi connectivity index (χ0) is 9.52. The van der Waals surface area contributed by atoms with Crippen LogP contribution >= 0.6 is 0 Å². The van der Waals surface area contributed by atoms with Crippen molar-refractivity contribution in [3.63, 3.8) is 0 Å². The van der Waals surface area contributed by atoms with E-state index in [9.17, 15) is 5.11 Å². The molecule has 0 bridgehead atoms. The smallest absolute Gasteiger partial charge is 0.0834 e. The van der Waals surface area contributed by atoms with E-state index >= 15 is 0 Å². The van der Waals surface area contributed by atoms with Crippen LogP contribution in [0.2, 0.25) is 0 Å². The van der Waals surface area contributed by atoms with Gasteiger partial charge in [-0.1, -0.05) is 5.92 Å². The molecule has 0 unspecified atom stereocenters. The highest BCUT2D eigenvalue weighted by Crippen LogP contribution is 2.01. The minimum absolute atomic E-state index is 0.0462. The molecule has 1 heterocycles. The summed E-state index contributed by atoms with van der Waals surface area (Å²) in [6.45, 7) is 5.96. The van der Waals surface area contributed by atoms with Crippen molar-refractivity contribution in [1.82, 2.24) is 9.80 Å². The van der Waals surface area contributed by atoms with Gasteiger partial charge < -0.3 is 4.90 Å². The van der Waals surface area contributed by atoms with Gasteiger partial charge in [0.1, 0.15) is 0 Å². The molecule has 1 aliphatic heterocycles. The predicted octanol–water partition coefficient (Wildman–Crippen LogP) is 0.0578. The van der Waals surface area contributed by atoms with Gasteiger partial charge in [0, 0.05) is 32.7 Å². The predicted molar refractivity (Wildman–Crippen MR) is 51.9 cm³/mol. The molecule has 0 aromatic rings. The van der Waals surface area contributed by atoms with E-state index < -0.39 is 0 Å². The number of nitrogens with zero attached hydrogens (tertiary/aromatic N) is 2. The van der Waals surface area contributed by atoms with E-state index in [0.29, 0.717) is 0 Å². The van der Waals surface area contributed by atoms with Crippen LogP contribution in [-0.2, 0) is 5.11 Å². The largest absolute Gasteiger partial charge is 0.301 e. The lowest BCUT2D eigenvalue weighted by Gasteiger charge is -2.33. The highest BCUT2D eigenvalue weighted by atomic mass is 16.3. The minimum atomic E-state index is 0.0462. The first kappa shape index (κ1) is 10.5. The normalized spacial score (nSPS) is 20.0. The molecule has 0 spiro atoms. The Morgan fingerprint density at radius 3 is 2.31 bits per heavy atom. The van der Waals surface area contributed by atoms with Crippen molar-refractivity contribution in [3.05, 3.63) is 0 Å². The minimum Gasteiger partial charge on any atom is -0.301 e. The summed E-state index contributed by atoms with van der Waals surface area (Å²) in [5.74, 6) is 2.65. The first-order valence-corrected chi connectivity index (χ1v) is 4.83. The maximum Gasteiger partial charge on any atom is 0.0834 e. The molecule has 0 aliphatic carbocycles. The topological polar surface area (TPSA) is 26.4 Å². The molecule has 3 heteroatoms. The van der Waals surface area contributed by atoms with E-state index in [2.05, 4.69) is 15.7 Å². The lowest BCUT2D eigenvalue weighted by atomic mass is 10.3. The van der Waals surface area contributed by atoms with Gasteiger partial charge in [-0.15, -0.1) is 6.42 Å². The van der Waals surface area contributed by atoms with Gasteiger partial charge in [0.2, 0.25) is 0 Å². The van der Waals surface area contributed by atoms with Gasteiger partial charge in [0.25, 0.3) is 0 Å². The lowest BCUT2D eigenvalue weighted by Crippen LogP contribution is -2.46. The van der Waals surface area contributed by atoms with Crippen LogP contribution in [0.3, 0.4) is 0 Å². The van der Waals surface area contributed by atoms with Crippen molar-refractivity contribution in [2.45, 2.75) is 6.42 Å². The van der Waals surface area contributed by atoms with Crippen LogP contribution < -0.4 is 0 Å². The summed E-state index contributed by atoms with van der Waals surface area (Å²) < 4.78 is 0. The molecule has 0 amide bonds. The second-order valence-corrected chi connectivity index (χ2v) is 3.38. The summed E-state index contributed by atoms with van der Waals surface area (Å²) >= 11 is 0. The molecule has 3 nitrogen and oxygen atoms in total. The third kappa shape index (κ3) is 3.77. The van der Waals surface area contributed by atoms with Crippen molar-refractivity contribution < 1.29 is 5.11 Å². The maximum atomic E-state index is 10.3. The van der Waals surface area contributed by atoms with Crippen LogP contribution in [0.4, 0.5) is 0 Å². The average molecular weight is 181 g/mol. The standard InChI is InChI=1S/C10H17N2O/c1-2-4-11-6-8-12(9-7-11)5-3-10-13/h1H,3-10H2. The van der Waals surface area contributed by atoms with Gasteiger partial charge in [-0.2, -0.15) is 0 Å². The Hall–Kier alpha value is -0.560. The van der Waals surface area contributed by atoms with Crippen molar-refractivity contribution in [3.8, 4) is 12.3 Å². The number of rotatable bonds is 4. The first-order valence-electron chi connectivity index (χ1n) is 4.83. The molecule has 13 heavy (non-hydrogen) atoms. The van der Waals surface area contributed by atoms with Gasteiger partial charge in [-0.3, -0.25) is 4.90 Å². The van der Waals surface area contributed by atoms with Crippen LogP contribution in [0.1, 0.15) is 6.42 Å². The Kier molecular flexibility index (Phi) is 4.84. The molecule has 1 aliphatic rings. The second kappa shape index (κ2) is 5.98. The second-order valence-electron chi connectivity index (χ2n) is 3.38. The summed E-state index contributed by atoms with van der Waals surface area (Å²) in [5, 5.41) is 10.3. The molecule has 0 N–H and O–H groups in total. The highest BCUT2D eigenvalue weighted by molar-refractivity contribution is 4.89. The van der Waals surface area contributed by atoms with Crippen LogP contribution in [-0.4, -0.2) is 55.7 Å². The molecule has 1 saturated heterocycles. The molecular weight excluding hydrogens is 164 g/mol. The van der Waals surface area contributed by atoms with Crippen LogP contribution in [0, 0.1) is 12.3 Å². The number of hydrogen-bond acceptors (Lipinski definition) is 2. The van der Waals surface area contributed by atoms with E-state index in [1.807, 2.05) is 0 Å². The Balaban J connectivity index is 2.12. The first-order chi connectivity index (χ1) is 6.36. The highest BCUT2D eigenvalue weighted by Gasteiger charge is 2.14. The fourth-order valence-corrected chi connectivity index (χ4v) is 1.59. The molecule has 1 radical (unpaired) electrons. The van der Waals surface area contributed by atoms with Crippen LogP contribution in [0.5, 0.6) is 0 Å². The maximum absolute atomic E-state index is 10.3. The average Bonchev–Trinajstić information content (AvgIpc) is 2.17. The molecular formula is C10H17N2O. The SMILES string of the molecule is C#CCN1CCN(CCC[O])CC1. The summed E-state index contributed by atoms with van der Waals surface area (Å²) in [6.07, 6.45) is 6.00. The van der Waals surface area contributed by atoms with Gasteiger partial charge in [0.15, 0.2) is 0 Å². The zero-order valence-corrected chi connectivity index (χ0v) is 8.04. The van der Waals surface area contributed by atoms with E-state index in [4.69, 9.17) is 6.42 Å². The molecule has 0 atom stereocenters. The van der Waals surface area contributed by atoms with Gasteiger partial charge in [-0.25, -0.2) is 5.11 Å². The molecule has 1 fully saturated rings. The molecule has 0 saturated carbocycles. The van der Waals surface area contributed by atoms with Crippen LogP contribution in [0.25, 0.3) is 0 Å². The number of piperazine rings is 1. The summed E-state index contributed by atoms with van der Waals surface area (Å²) in [5.41, 5.74) is 0. The molecule has 73 valence electrons.